The first-order valence-corrected chi connectivity index (χ1v) is 12.7. The lowest BCUT2D eigenvalue weighted by Crippen LogP contribution is -2.28. The molecule has 0 bridgehead atoms. The Morgan fingerprint density at radius 3 is 2.25 bits per heavy atom. The number of carbonyl (C=O) groups is 1. The van der Waals surface area contributed by atoms with Crippen molar-refractivity contribution in [2.45, 2.75) is 39.7 Å². The zero-order valence-electron chi connectivity index (χ0n) is 21.3. The molecular weight excluding hydrogens is 452 g/mol. The van der Waals surface area contributed by atoms with Crippen molar-refractivity contribution in [1.29, 1.82) is 0 Å². The van der Waals surface area contributed by atoms with E-state index in [0.29, 0.717) is 32.8 Å². The molecule has 0 fully saturated rings. The first-order valence-electron chi connectivity index (χ1n) is 12.7. The van der Waals surface area contributed by atoms with Gasteiger partial charge in [-0.1, -0.05) is 49.4 Å². The first-order chi connectivity index (χ1) is 17.6. The second-order valence-corrected chi connectivity index (χ2v) is 8.57. The Hall–Kier alpha value is -3.57. The zero-order chi connectivity index (χ0) is 25.3. The topological polar surface area (TPSA) is 54.0 Å². The molecule has 0 saturated carbocycles. The lowest BCUT2D eigenvalue weighted by Gasteiger charge is -2.15. The van der Waals surface area contributed by atoms with Crippen LogP contribution in [0.1, 0.15) is 43.9 Å². The molecule has 188 valence electrons. The average molecular weight is 487 g/mol. The third kappa shape index (κ3) is 5.97. The summed E-state index contributed by atoms with van der Waals surface area (Å²) in [7, 11) is 0. The maximum atomic E-state index is 12.1. The molecule has 0 amide bonds. The first kappa shape index (κ1) is 25.5. The van der Waals surface area contributed by atoms with E-state index < -0.39 is 6.10 Å². The van der Waals surface area contributed by atoms with Gasteiger partial charge in [0.15, 0.2) is 6.10 Å². The van der Waals surface area contributed by atoms with E-state index in [1.165, 1.54) is 22.3 Å². The van der Waals surface area contributed by atoms with E-state index in [1.807, 2.05) is 37.3 Å². The van der Waals surface area contributed by atoms with Crippen LogP contribution in [0.5, 0.6) is 11.5 Å². The molecule has 3 aromatic rings. The molecule has 1 aliphatic rings. The van der Waals surface area contributed by atoms with Gasteiger partial charge in [-0.3, -0.25) is 0 Å². The number of benzene rings is 3. The van der Waals surface area contributed by atoms with Gasteiger partial charge in [-0.25, -0.2) is 4.79 Å². The van der Waals surface area contributed by atoms with Gasteiger partial charge in [0, 0.05) is 13.0 Å². The smallest absolute Gasteiger partial charge is 0.335 e. The summed E-state index contributed by atoms with van der Waals surface area (Å²) in [5.41, 5.74) is 6.98. The lowest BCUT2D eigenvalue weighted by molar-refractivity contribution is -0.156. The second-order valence-electron chi connectivity index (χ2n) is 8.57. The van der Waals surface area contributed by atoms with Gasteiger partial charge < -0.3 is 18.9 Å². The maximum Gasteiger partial charge on any atom is 0.335 e. The highest BCUT2D eigenvalue weighted by atomic mass is 16.6. The molecule has 0 aromatic heterocycles. The van der Waals surface area contributed by atoms with E-state index in [2.05, 4.69) is 49.4 Å². The second kappa shape index (κ2) is 12.4. The molecule has 1 atom stereocenters. The van der Waals surface area contributed by atoms with E-state index in [1.54, 1.807) is 6.92 Å². The van der Waals surface area contributed by atoms with Crippen LogP contribution in [0.25, 0.3) is 16.7 Å². The van der Waals surface area contributed by atoms with Gasteiger partial charge in [0.05, 0.1) is 13.2 Å². The molecule has 5 nitrogen and oxygen atoms in total. The Morgan fingerprint density at radius 1 is 0.806 bits per heavy atom. The SMILES string of the molecule is CCCOc1ccc2c(c1)/C(=C\COc1ccc(CC(OCC)C(=O)OCC)cc1)c1ccccc1-2. The van der Waals surface area contributed by atoms with Gasteiger partial charge in [0.2, 0.25) is 0 Å². The normalized spacial score (nSPS) is 13.7. The predicted octanol–water partition coefficient (Wildman–Crippen LogP) is 6.48. The highest BCUT2D eigenvalue weighted by Crippen LogP contribution is 2.45. The third-order valence-electron chi connectivity index (χ3n) is 6.06. The van der Waals surface area contributed by atoms with E-state index in [-0.39, 0.29) is 5.97 Å². The van der Waals surface area contributed by atoms with Crippen LogP contribution in [0.3, 0.4) is 0 Å². The number of hydrogen-bond donors (Lipinski definition) is 0. The van der Waals surface area contributed by atoms with Crippen LogP contribution in [0.4, 0.5) is 0 Å². The van der Waals surface area contributed by atoms with E-state index >= 15 is 0 Å². The summed E-state index contributed by atoms with van der Waals surface area (Å²) < 4.78 is 22.6. The van der Waals surface area contributed by atoms with Crippen LogP contribution in [0, 0.1) is 0 Å². The molecule has 36 heavy (non-hydrogen) atoms. The fourth-order valence-electron chi connectivity index (χ4n) is 4.41. The summed E-state index contributed by atoms with van der Waals surface area (Å²) in [5.74, 6) is 1.33. The Bertz CT molecular complexity index is 1200. The number of hydrogen-bond acceptors (Lipinski definition) is 5. The zero-order valence-corrected chi connectivity index (χ0v) is 21.3. The van der Waals surface area contributed by atoms with Crippen LogP contribution in [-0.4, -0.2) is 38.5 Å². The Balaban J connectivity index is 1.45. The van der Waals surface area contributed by atoms with E-state index in [4.69, 9.17) is 18.9 Å². The monoisotopic (exact) mass is 486 g/mol. The minimum atomic E-state index is -0.597. The van der Waals surface area contributed by atoms with Crippen molar-refractivity contribution in [3.63, 3.8) is 0 Å². The summed E-state index contributed by atoms with van der Waals surface area (Å²) in [6.07, 6.45) is 2.98. The summed E-state index contributed by atoms with van der Waals surface area (Å²) >= 11 is 0. The van der Waals surface area contributed by atoms with Gasteiger partial charge in [0.25, 0.3) is 0 Å². The fourth-order valence-corrected chi connectivity index (χ4v) is 4.41. The standard InChI is InChI=1S/C31H34O5/c1-4-18-35-24-15-16-27-25-9-7-8-10-26(25)28(29(27)21-24)17-19-36-23-13-11-22(12-14-23)20-30(33-5-2)31(32)34-6-3/h7-17,21,30H,4-6,18-20H2,1-3H3/b28-17-. The van der Waals surface area contributed by atoms with Crippen molar-refractivity contribution in [3.05, 3.63) is 89.5 Å². The lowest BCUT2D eigenvalue weighted by atomic mass is 10.0. The molecule has 0 spiro atoms. The number of esters is 1. The predicted molar refractivity (Wildman–Crippen MR) is 142 cm³/mol. The van der Waals surface area contributed by atoms with Crippen molar-refractivity contribution in [1.82, 2.24) is 0 Å². The minimum absolute atomic E-state index is 0.327. The van der Waals surface area contributed by atoms with Crippen molar-refractivity contribution in [2.24, 2.45) is 0 Å². The average Bonchev–Trinajstić information content (AvgIpc) is 3.21. The summed E-state index contributed by atoms with van der Waals surface area (Å²) in [6.45, 7) is 7.71. The van der Waals surface area contributed by atoms with E-state index in [0.717, 1.165) is 29.1 Å². The van der Waals surface area contributed by atoms with Gasteiger partial charge in [-0.15, -0.1) is 0 Å². The minimum Gasteiger partial charge on any atom is -0.494 e. The Labute approximate surface area is 213 Å². The van der Waals surface area contributed by atoms with Crippen molar-refractivity contribution in [2.75, 3.05) is 26.4 Å². The van der Waals surface area contributed by atoms with Gasteiger partial charge >= 0.3 is 5.97 Å². The number of fused-ring (bicyclic) bond motifs is 3. The van der Waals surface area contributed by atoms with Crippen molar-refractivity contribution >= 4 is 11.5 Å². The summed E-state index contributed by atoms with van der Waals surface area (Å²) in [4.78, 5) is 12.1. The number of ether oxygens (including phenoxy) is 4. The molecule has 5 heteroatoms. The highest BCUT2D eigenvalue weighted by molar-refractivity contribution is 6.01. The molecule has 3 aromatic carbocycles. The van der Waals surface area contributed by atoms with Crippen LogP contribution in [-0.2, 0) is 20.7 Å². The van der Waals surface area contributed by atoms with Crippen LogP contribution >= 0.6 is 0 Å². The Kier molecular flexibility index (Phi) is 8.80. The van der Waals surface area contributed by atoms with Crippen LogP contribution < -0.4 is 9.47 Å². The molecule has 0 N–H and O–H groups in total. The fraction of sp³-hybridized carbons (Fsp3) is 0.323. The molecule has 1 unspecified atom stereocenters. The molecule has 0 saturated heterocycles. The third-order valence-corrected chi connectivity index (χ3v) is 6.06. The number of carbonyl (C=O) groups excluding carboxylic acids is 1. The van der Waals surface area contributed by atoms with E-state index in [9.17, 15) is 4.79 Å². The summed E-state index contributed by atoms with van der Waals surface area (Å²) in [5, 5.41) is 0. The van der Waals surface area contributed by atoms with Crippen LogP contribution in [0.2, 0.25) is 0 Å². The van der Waals surface area contributed by atoms with Crippen LogP contribution in [0.15, 0.2) is 72.8 Å². The summed E-state index contributed by atoms with van der Waals surface area (Å²) in [6, 6.07) is 22.6. The van der Waals surface area contributed by atoms with Crippen molar-refractivity contribution in [3.8, 4) is 22.6 Å². The molecule has 0 radical (unpaired) electrons. The number of rotatable bonds is 12. The molecular formula is C31H34O5. The molecule has 0 heterocycles. The molecule has 4 rings (SSSR count). The molecule has 0 aliphatic heterocycles. The highest BCUT2D eigenvalue weighted by Gasteiger charge is 2.23. The largest absolute Gasteiger partial charge is 0.494 e. The Morgan fingerprint density at radius 2 is 1.53 bits per heavy atom. The van der Waals surface area contributed by atoms with Gasteiger partial charge in [0.1, 0.15) is 18.1 Å². The van der Waals surface area contributed by atoms with Gasteiger partial charge in [-0.2, -0.15) is 0 Å². The van der Waals surface area contributed by atoms with Gasteiger partial charge in [-0.05, 0) is 84.0 Å². The molecule has 1 aliphatic carbocycles. The quantitative estimate of drug-likeness (QED) is 0.215. The van der Waals surface area contributed by atoms with Crippen molar-refractivity contribution < 1.29 is 23.7 Å². The maximum absolute atomic E-state index is 12.1.